The summed E-state index contributed by atoms with van der Waals surface area (Å²) in [6.07, 6.45) is -0.246. The van der Waals surface area contributed by atoms with Gasteiger partial charge in [0.15, 0.2) is 11.5 Å². The number of phenols is 3. The Morgan fingerprint density at radius 3 is 1.52 bits per heavy atom. The van der Waals surface area contributed by atoms with Gasteiger partial charge in [-0.1, -0.05) is 175 Å². The van der Waals surface area contributed by atoms with E-state index < -0.39 is 228 Å². The van der Waals surface area contributed by atoms with E-state index >= 15 is 33.6 Å². The van der Waals surface area contributed by atoms with Crippen molar-refractivity contribution in [2.75, 3.05) is 66.4 Å². The first-order valence-corrected chi connectivity index (χ1v) is 44.0. The van der Waals surface area contributed by atoms with Gasteiger partial charge in [-0.25, -0.2) is 0 Å². The molecule has 37 heteroatoms. The molecule has 0 unspecified atom stereocenters. The Balaban J connectivity index is 1.22. The van der Waals surface area contributed by atoms with Gasteiger partial charge in [-0.2, -0.15) is 0 Å². The molecule has 2 heterocycles. The van der Waals surface area contributed by atoms with Crippen LogP contribution in [0.1, 0.15) is 100 Å². The van der Waals surface area contributed by atoms with E-state index in [1.54, 1.807) is 149 Å². The number of nitrogens with two attached hydrogens (primary N) is 1. The van der Waals surface area contributed by atoms with E-state index in [1.807, 2.05) is 6.92 Å². The molecule has 0 aliphatic carbocycles. The average molecular weight is 1810 g/mol. The minimum Gasteiger partial charge on any atom is -0.508 e. The Morgan fingerprint density at radius 2 is 0.946 bits per heavy atom. The molecule has 11 atom stereocenters. The first-order chi connectivity index (χ1) is 61.8. The van der Waals surface area contributed by atoms with E-state index in [1.165, 1.54) is 65.6 Å². The number of nitrogens with zero attached hydrogens (tertiary/aromatic N) is 5. The van der Waals surface area contributed by atoms with Gasteiger partial charge in [-0.15, -0.1) is 11.8 Å². The summed E-state index contributed by atoms with van der Waals surface area (Å²) >= 11 is 0.810. The van der Waals surface area contributed by atoms with Gasteiger partial charge in [0.25, 0.3) is 0 Å². The fraction of sp³-hybridized carbons (Fsp3) is 0.419. The number of phenolic OH excluding ortho intramolecular Hbond substituents is 3. The van der Waals surface area contributed by atoms with Crippen LogP contribution in [0.4, 0.5) is 0 Å². The van der Waals surface area contributed by atoms with Gasteiger partial charge >= 0.3 is 5.97 Å². The van der Waals surface area contributed by atoms with Crippen molar-refractivity contribution in [3.05, 3.63) is 197 Å². The summed E-state index contributed by atoms with van der Waals surface area (Å²) in [6.45, 7) is 6.05. The molecule has 0 saturated carbocycles. The Morgan fingerprint density at radius 1 is 0.469 bits per heavy atom. The molecule has 1 saturated heterocycles. The number of amides is 15. The average Bonchev–Trinajstić information content (AvgIpc) is 0.896. The Labute approximate surface area is 758 Å². The molecule has 15 amide bonds. The molecule has 1 aliphatic heterocycles. The molecular weight excluding hydrogens is 1690 g/mol. The van der Waals surface area contributed by atoms with Crippen LogP contribution in [-0.2, 0) is 115 Å². The number of carbonyl (C=O) groups is 16. The summed E-state index contributed by atoms with van der Waals surface area (Å²) in [5, 5.41) is 66.2. The van der Waals surface area contributed by atoms with Crippen LogP contribution in [0.15, 0.2) is 164 Å². The Kier molecular flexibility index (Phi) is 38.2. The van der Waals surface area contributed by atoms with Crippen LogP contribution in [0.2, 0.25) is 0 Å². The van der Waals surface area contributed by atoms with Gasteiger partial charge in [-0.3, -0.25) is 76.7 Å². The van der Waals surface area contributed by atoms with Gasteiger partial charge < -0.3 is 103 Å². The van der Waals surface area contributed by atoms with Crippen LogP contribution in [-0.4, -0.2) is 277 Å². The van der Waals surface area contributed by atoms with Crippen molar-refractivity contribution in [3.63, 3.8) is 0 Å². The molecule has 696 valence electrons. The highest BCUT2D eigenvalue weighted by Gasteiger charge is 2.42. The molecule has 0 bridgehead atoms. The highest BCUT2D eigenvalue weighted by molar-refractivity contribution is 8.00. The summed E-state index contributed by atoms with van der Waals surface area (Å²) in [4.78, 5) is 243. The largest absolute Gasteiger partial charge is 0.508 e. The van der Waals surface area contributed by atoms with Gasteiger partial charge in [0.2, 0.25) is 88.6 Å². The molecule has 6 aromatic carbocycles. The number of aliphatic carboxylic acids is 1. The number of thioether (sulfide) groups is 1. The quantitative estimate of drug-likeness (QED) is 0.0407. The fourth-order valence-electron chi connectivity index (χ4n) is 15.0. The molecule has 36 nitrogen and oxygen atoms in total. The van der Waals surface area contributed by atoms with Crippen LogP contribution in [0.25, 0.3) is 10.9 Å². The predicted molar refractivity (Wildman–Crippen MR) is 484 cm³/mol. The molecule has 130 heavy (non-hydrogen) atoms. The van der Waals surface area contributed by atoms with Crippen LogP contribution in [0, 0.1) is 11.8 Å². The zero-order valence-electron chi connectivity index (χ0n) is 74.5. The standard InChI is InChI=1S/C93H118N16O20S/c1-11-12-32-72-91(127)106(7)51-79(115)98-68(47-81(117)118)87(123)104-82(55(4)5)93(129)108(9)73(43-57-26-18-14-19-27-57)88(124)102-69(41-59-33-36-62(110)37-34-59)89(125)105(6)50-78(114)97-67(46-61-48-95-64-31-23-22-30-63(61)64)86(122)101-66(42-60-35-38-75(111)76(112)45-60)85(121)100-65(39-54(2)3)84(120)103-71(83(119)96-49-77(94)113)52-130-53-80(116)99-70(40-56-24-16-13-17-25-56)90(126)109(10)74(92(128)107(72)8)44-58-28-20-15-21-29-58/h13-31,33-38,45,48,54-55,65-74,82,95,110-112H,11-12,32,39-44,46-47,49-53H2,1-10H3,(H2,94,113)(H,96,119)(H,97,114)(H,98,115)(H,99,116)(H,100,121)(H,101,122)(H,102,124)(H,103,120)(H,104,123)(H,117,118)/t65-,66+,67-,68-,69-,70-,71-,72-,73-,74-,82-/m0/s1. The van der Waals surface area contributed by atoms with E-state index in [0.717, 1.165) is 48.4 Å². The molecule has 0 spiro atoms. The molecule has 1 fully saturated rings. The second-order valence-corrected chi connectivity index (χ2v) is 34.2. The number of aromatic hydroxyl groups is 3. The SMILES string of the molecule is CCCC[C@H]1C(=O)N(C)CC(=O)N[C@@H](CC(=O)O)C(=O)N[C@@H](C(C)C)C(=O)N(C)[C@@H](Cc2ccccc2)C(=O)N[C@@H](Cc2ccc(O)cc2)C(=O)N(C)CC(=O)N[C@@H](Cc2c[nH]c3ccccc23)C(=O)N[C@H](Cc2ccc(O)c(O)c2)C(=O)N[C@@H](CC(C)C)C(=O)N[C@H](C(=O)NCC(N)=O)CSCC(=O)N[C@@H](Cc2ccccc2)C(=O)N(C)[C@@H](Cc2ccccc2)C(=O)N1C. The lowest BCUT2D eigenvalue weighted by atomic mass is 9.98. The Hall–Kier alpha value is -13.9. The summed E-state index contributed by atoms with van der Waals surface area (Å²) in [6, 6.07) is 24.6. The maximum Gasteiger partial charge on any atom is 0.305 e. The number of likely N-dealkylation sites (N-methyl/N-ethyl adjacent to an activating group) is 5. The number of nitrogens with one attached hydrogen (secondary N) is 10. The number of benzene rings is 6. The number of carboxylic acid groups (broad SMARTS) is 1. The lowest BCUT2D eigenvalue weighted by molar-refractivity contribution is -0.151. The number of fused-ring (bicyclic) bond motifs is 1. The van der Waals surface area contributed by atoms with Crippen LogP contribution >= 0.6 is 11.8 Å². The van der Waals surface area contributed by atoms with Gasteiger partial charge in [0, 0.05) is 96.6 Å². The van der Waals surface area contributed by atoms with E-state index in [4.69, 9.17) is 5.73 Å². The van der Waals surface area contributed by atoms with E-state index in [0.29, 0.717) is 51.6 Å². The van der Waals surface area contributed by atoms with E-state index in [9.17, 15) is 63.6 Å². The zero-order valence-corrected chi connectivity index (χ0v) is 75.3. The number of primary amides is 1. The number of carboxylic acids is 1. The van der Waals surface area contributed by atoms with Crippen molar-refractivity contribution in [1.82, 2.24) is 77.3 Å². The normalized spacial score (nSPS) is 21.8. The summed E-state index contributed by atoms with van der Waals surface area (Å²) in [5.41, 5.74) is 8.78. The monoisotopic (exact) mass is 1810 g/mol. The number of aromatic amines is 1. The van der Waals surface area contributed by atoms with Crippen molar-refractivity contribution in [2.24, 2.45) is 17.6 Å². The van der Waals surface area contributed by atoms with Gasteiger partial charge in [0.1, 0.15) is 72.2 Å². The number of hydrogen-bond acceptors (Lipinski definition) is 20. The van der Waals surface area contributed by atoms with Crippen LogP contribution in [0.5, 0.6) is 17.2 Å². The third-order valence-corrected chi connectivity index (χ3v) is 23.2. The predicted octanol–water partition coefficient (Wildman–Crippen LogP) is 2.03. The van der Waals surface area contributed by atoms with Gasteiger partial charge in [0.05, 0.1) is 31.8 Å². The molecule has 1 aliphatic rings. The van der Waals surface area contributed by atoms with E-state index in [-0.39, 0.29) is 56.3 Å². The topological polar surface area (TPSA) is 520 Å². The number of carbonyl (C=O) groups excluding carboxylic acids is 15. The third-order valence-electron chi connectivity index (χ3n) is 22.2. The highest BCUT2D eigenvalue weighted by atomic mass is 32.2. The fourth-order valence-corrected chi connectivity index (χ4v) is 15.9. The number of rotatable bonds is 23. The highest BCUT2D eigenvalue weighted by Crippen LogP contribution is 2.28. The lowest BCUT2D eigenvalue weighted by Crippen LogP contribution is -2.61. The maximum atomic E-state index is 15.5. The second-order valence-electron chi connectivity index (χ2n) is 33.2. The molecule has 8 rings (SSSR count). The maximum absolute atomic E-state index is 15.5. The summed E-state index contributed by atoms with van der Waals surface area (Å²) in [7, 11) is 6.49. The minimum atomic E-state index is -1.91. The molecule has 0 radical (unpaired) electrons. The lowest BCUT2D eigenvalue weighted by Gasteiger charge is -2.37. The Bertz CT molecular complexity index is 5140. The first kappa shape index (κ1) is 102. The molecular formula is C93H118N16O20S. The van der Waals surface area contributed by atoms with Crippen LogP contribution < -0.4 is 53.6 Å². The van der Waals surface area contributed by atoms with Crippen LogP contribution in [0.3, 0.4) is 0 Å². The second kappa shape index (κ2) is 48.9. The van der Waals surface area contributed by atoms with Crippen molar-refractivity contribution in [3.8, 4) is 17.2 Å². The molecule has 16 N–H and O–H groups in total. The summed E-state index contributed by atoms with van der Waals surface area (Å²) in [5.74, 6) is -18.9. The number of hydrogen-bond donors (Lipinski definition) is 15. The number of aromatic nitrogens is 1. The minimum absolute atomic E-state index is 0.0233. The number of unbranched alkanes of at least 4 members (excludes halogenated alkanes) is 1. The number of para-hydroxylation sites is 1. The zero-order chi connectivity index (χ0) is 95.2. The first-order valence-electron chi connectivity index (χ1n) is 42.8. The van der Waals surface area contributed by atoms with Crippen molar-refractivity contribution in [2.45, 2.75) is 172 Å². The van der Waals surface area contributed by atoms with Crippen molar-refractivity contribution < 1.29 is 97.1 Å². The third kappa shape index (κ3) is 30.1. The van der Waals surface area contributed by atoms with E-state index in [2.05, 4.69) is 52.8 Å². The smallest absolute Gasteiger partial charge is 0.305 e. The molecule has 1 aromatic heterocycles. The number of H-pyrrole nitrogens is 1. The summed E-state index contributed by atoms with van der Waals surface area (Å²) < 4.78 is 0. The van der Waals surface area contributed by atoms with Gasteiger partial charge in [-0.05, 0) is 88.4 Å². The van der Waals surface area contributed by atoms with Crippen molar-refractivity contribution >= 4 is 117 Å². The van der Waals surface area contributed by atoms with Crippen molar-refractivity contribution in [1.29, 1.82) is 0 Å². The molecule has 7 aromatic rings.